The lowest BCUT2D eigenvalue weighted by molar-refractivity contribution is -0.123. The van der Waals surface area contributed by atoms with Gasteiger partial charge < -0.3 is 11.1 Å². The molecule has 2 atom stereocenters. The van der Waals surface area contributed by atoms with Crippen LogP contribution in [0.5, 0.6) is 0 Å². The molecular formula is C15H18N2OS. The van der Waals surface area contributed by atoms with Crippen molar-refractivity contribution >= 4 is 23.1 Å². The van der Waals surface area contributed by atoms with Gasteiger partial charge in [-0.25, -0.2) is 0 Å². The fraction of sp³-hybridized carbons (Fsp3) is 0.467. The van der Waals surface area contributed by atoms with E-state index in [1.54, 1.807) is 0 Å². The molecular weight excluding hydrogens is 256 g/mol. The first-order chi connectivity index (χ1) is 9.16. The summed E-state index contributed by atoms with van der Waals surface area (Å²) in [6.45, 7) is 0.561. The molecule has 19 heavy (non-hydrogen) atoms. The van der Waals surface area contributed by atoms with Crippen LogP contribution in [0.25, 0.3) is 0 Å². The van der Waals surface area contributed by atoms with E-state index in [-0.39, 0.29) is 11.8 Å². The Morgan fingerprint density at radius 1 is 1.37 bits per heavy atom. The summed E-state index contributed by atoms with van der Waals surface area (Å²) >= 11 is 4.95. The highest BCUT2D eigenvalue weighted by molar-refractivity contribution is 7.80. The van der Waals surface area contributed by atoms with E-state index in [9.17, 15) is 4.79 Å². The Balaban J connectivity index is 1.56. The van der Waals surface area contributed by atoms with Crippen LogP contribution in [0.1, 0.15) is 30.4 Å². The van der Waals surface area contributed by atoms with Gasteiger partial charge in [-0.05, 0) is 36.3 Å². The summed E-state index contributed by atoms with van der Waals surface area (Å²) in [7, 11) is 0. The molecule has 1 aromatic rings. The average molecular weight is 274 g/mol. The standard InChI is InChI=1S/C15H18N2OS/c16-14(19)10-4-1-3-9(7-10)8-17-15(18)13-11-5-2-6-12(11)13/h1,3-4,7,11-13H,2,5-6,8H2,(H2,16,19)(H,17,18). The summed E-state index contributed by atoms with van der Waals surface area (Å²) < 4.78 is 0. The number of nitrogens with one attached hydrogen (secondary N) is 1. The van der Waals surface area contributed by atoms with Crippen molar-refractivity contribution < 1.29 is 4.79 Å². The zero-order chi connectivity index (χ0) is 13.4. The third kappa shape index (κ3) is 2.50. The second-order valence-corrected chi connectivity index (χ2v) is 6.01. The van der Waals surface area contributed by atoms with Gasteiger partial charge in [-0.1, -0.05) is 36.8 Å². The van der Waals surface area contributed by atoms with Crippen molar-refractivity contribution in [1.82, 2.24) is 5.32 Å². The van der Waals surface area contributed by atoms with Crippen LogP contribution in [-0.2, 0) is 11.3 Å². The summed E-state index contributed by atoms with van der Waals surface area (Å²) in [4.78, 5) is 12.4. The Morgan fingerprint density at radius 2 is 2.11 bits per heavy atom. The van der Waals surface area contributed by atoms with E-state index in [2.05, 4.69) is 5.32 Å². The van der Waals surface area contributed by atoms with Crippen LogP contribution in [0.3, 0.4) is 0 Å². The summed E-state index contributed by atoms with van der Waals surface area (Å²) in [5, 5.41) is 3.03. The second kappa shape index (κ2) is 4.93. The molecule has 1 amide bonds. The molecule has 2 aliphatic rings. The number of hydrogen-bond acceptors (Lipinski definition) is 2. The molecule has 2 aliphatic carbocycles. The molecule has 1 aromatic carbocycles. The highest BCUT2D eigenvalue weighted by Crippen LogP contribution is 2.57. The first kappa shape index (κ1) is 12.6. The predicted octanol–water partition coefficient (Wildman–Crippen LogP) is 1.98. The molecule has 100 valence electrons. The Kier molecular flexibility index (Phi) is 3.27. The Bertz CT molecular complexity index is 519. The highest BCUT2D eigenvalue weighted by atomic mass is 32.1. The lowest BCUT2D eigenvalue weighted by Crippen LogP contribution is -2.26. The highest BCUT2D eigenvalue weighted by Gasteiger charge is 2.56. The van der Waals surface area contributed by atoms with Crippen molar-refractivity contribution in [3.05, 3.63) is 35.4 Å². The van der Waals surface area contributed by atoms with Gasteiger partial charge in [0.1, 0.15) is 4.99 Å². The van der Waals surface area contributed by atoms with Gasteiger partial charge in [0.05, 0.1) is 0 Å². The number of amides is 1. The zero-order valence-electron chi connectivity index (χ0n) is 10.8. The van der Waals surface area contributed by atoms with Crippen molar-refractivity contribution in [2.75, 3.05) is 0 Å². The van der Waals surface area contributed by atoms with Crippen LogP contribution in [0.4, 0.5) is 0 Å². The van der Waals surface area contributed by atoms with Crippen LogP contribution in [0.15, 0.2) is 24.3 Å². The quantitative estimate of drug-likeness (QED) is 0.826. The molecule has 0 aromatic heterocycles. The maximum absolute atomic E-state index is 12.0. The van der Waals surface area contributed by atoms with Gasteiger partial charge in [0.15, 0.2) is 0 Å². The van der Waals surface area contributed by atoms with E-state index in [4.69, 9.17) is 18.0 Å². The zero-order valence-corrected chi connectivity index (χ0v) is 11.6. The fourth-order valence-electron chi connectivity index (χ4n) is 3.35. The molecule has 0 aliphatic heterocycles. The lowest BCUT2D eigenvalue weighted by Gasteiger charge is -2.08. The number of carbonyl (C=O) groups excluding carboxylic acids is 1. The van der Waals surface area contributed by atoms with Gasteiger partial charge >= 0.3 is 0 Å². The van der Waals surface area contributed by atoms with Crippen LogP contribution in [0, 0.1) is 17.8 Å². The van der Waals surface area contributed by atoms with E-state index in [0.717, 1.165) is 11.1 Å². The average Bonchev–Trinajstić information content (AvgIpc) is 2.89. The number of hydrogen-bond donors (Lipinski definition) is 2. The minimum atomic E-state index is 0.218. The molecule has 2 saturated carbocycles. The van der Waals surface area contributed by atoms with Gasteiger partial charge in [0.2, 0.25) is 5.91 Å². The van der Waals surface area contributed by atoms with Crippen molar-refractivity contribution in [3.63, 3.8) is 0 Å². The monoisotopic (exact) mass is 274 g/mol. The fourth-order valence-corrected chi connectivity index (χ4v) is 3.48. The third-order valence-electron chi connectivity index (χ3n) is 4.39. The molecule has 2 fully saturated rings. The normalized spacial score (nSPS) is 27.7. The minimum absolute atomic E-state index is 0.218. The van der Waals surface area contributed by atoms with Gasteiger partial charge in [-0.15, -0.1) is 0 Å². The molecule has 2 unspecified atom stereocenters. The number of benzene rings is 1. The summed E-state index contributed by atoms with van der Waals surface area (Å²) in [6.07, 6.45) is 3.77. The molecule has 0 radical (unpaired) electrons. The van der Waals surface area contributed by atoms with E-state index in [1.807, 2.05) is 24.3 Å². The van der Waals surface area contributed by atoms with Gasteiger partial charge in [0, 0.05) is 18.0 Å². The molecule has 3 rings (SSSR count). The number of fused-ring (bicyclic) bond motifs is 1. The van der Waals surface area contributed by atoms with Crippen LogP contribution in [0.2, 0.25) is 0 Å². The molecule has 0 saturated heterocycles. The molecule has 3 N–H and O–H groups in total. The van der Waals surface area contributed by atoms with Crippen LogP contribution < -0.4 is 11.1 Å². The SMILES string of the molecule is NC(=S)c1cccc(CNC(=O)C2C3CCCC32)c1. The van der Waals surface area contributed by atoms with E-state index < -0.39 is 0 Å². The topological polar surface area (TPSA) is 55.1 Å². The van der Waals surface area contributed by atoms with E-state index in [1.165, 1.54) is 19.3 Å². The third-order valence-corrected chi connectivity index (χ3v) is 4.62. The Hall–Kier alpha value is -1.42. The van der Waals surface area contributed by atoms with Crippen LogP contribution >= 0.6 is 12.2 Å². The smallest absolute Gasteiger partial charge is 0.223 e. The molecule has 3 nitrogen and oxygen atoms in total. The van der Waals surface area contributed by atoms with Gasteiger partial charge in [0.25, 0.3) is 0 Å². The van der Waals surface area contributed by atoms with E-state index >= 15 is 0 Å². The summed E-state index contributed by atoms with van der Waals surface area (Å²) in [6, 6.07) is 7.73. The minimum Gasteiger partial charge on any atom is -0.389 e. The first-order valence-electron chi connectivity index (χ1n) is 6.83. The molecule has 4 heteroatoms. The van der Waals surface area contributed by atoms with Crippen molar-refractivity contribution in [2.24, 2.45) is 23.5 Å². The summed E-state index contributed by atoms with van der Waals surface area (Å²) in [5.41, 5.74) is 7.50. The van der Waals surface area contributed by atoms with Gasteiger partial charge in [-0.2, -0.15) is 0 Å². The van der Waals surface area contributed by atoms with Crippen molar-refractivity contribution in [3.8, 4) is 0 Å². The maximum Gasteiger partial charge on any atom is 0.223 e. The summed E-state index contributed by atoms with van der Waals surface area (Å²) in [5.74, 6) is 1.84. The predicted molar refractivity (Wildman–Crippen MR) is 78.5 cm³/mol. The van der Waals surface area contributed by atoms with E-state index in [0.29, 0.717) is 23.4 Å². The largest absolute Gasteiger partial charge is 0.389 e. The van der Waals surface area contributed by atoms with Crippen LogP contribution in [-0.4, -0.2) is 10.9 Å². The lowest BCUT2D eigenvalue weighted by atomic mass is 10.1. The van der Waals surface area contributed by atoms with Crippen molar-refractivity contribution in [1.29, 1.82) is 0 Å². The molecule has 0 bridgehead atoms. The number of carbonyl (C=O) groups is 1. The molecule has 0 heterocycles. The van der Waals surface area contributed by atoms with Gasteiger partial charge in [-0.3, -0.25) is 4.79 Å². The second-order valence-electron chi connectivity index (χ2n) is 5.57. The molecule has 0 spiro atoms. The number of rotatable bonds is 4. The van der Waals surface area contributed by atoms with Crippen molar-refractivity contribution in [2.45, 2.75) is 25.8 Å². The first-order valence-corrected chi connectivity index (χ1v) is 7.24. The number of nitrogens with two attached hydrogens (primary N) is 1. The maximum atomic E-state index is 12.0. The Labute approximate surface area is 118 Å². The number of thiocarbonyl (C=S) groups is 1. The Morgan fingerprint density at radius 3 is 2.79 bits per heavy atom.